The van der Waals surface area contributed by atoms with Crippen molar-refractivity contribution in [1.82, 2.24) is 0 Å². The van der Waals surface area contributed by atoms with Crippen LogP contribution >= 0.6 is 0 Å². The van der Waals surface area contributed by atoms with E-state index in [1.807, 2.05) is 0 Å². The standard InChI is InChI=1S/C13H22O3/c1-4-11-7-10-8-12(5-2,14-11)16-13(6-3,9-10)15-11/h10H,4-9H2,1-3H3. The normalized spacial score (nSPS) is 54.6. The topological polar surface area (TPSA) is 27.7 Å². The third-order valence-electron chi connectivity index (χ3n) is 4.53. The summed E-state index contributed by atoms with van der Waals surface area (Å²) in [7, 11) is 0. The molecule has 0 atom stereocenters. The molecule has 0 spiro atoms. The second kappa shape index (κ2) is 3.21. The highest BCUT2D eigenvalue weighted by Crippen LogP contribution is 2.59. The molecule has 4 rings (SSSR count). The molecule has 0 aliphatic carbocycles. The summed E-state index contributed by atoms with van der Waals surface area (Å²) in [5.74, 6) is -0.349. The fraction of sp³-hybridized carbons (Fsp3) is 1.00. The quantitative estimate of drug-likeness (QED) is 0.739. The first kappa shape index (κ1) is 11.0. The van der Waals surface area contributed by atoms with Gasteiger partial charge in [-0.25, -0.2) is 0 Å². The van der Waals surface area contributed by atoms with Crippen LogP contribution in [0.4, 0.5) is 0 Å². The van der Waals surface area contributed by atoms with Gasteiger partial charge in [-0.3, -0.25) is 0 Å². The van der Waals surface area contributed by atoms with Crippen LogP contribution in [0.2, 0.25) is 0 Å². The fourth-order valence-corrected chi connectivity index (χ4v) is 3.73. The maximum atomic E-state index is 6.18. The molecular weight excluding hydrogens is 204 g/mol. The number of hydrogen-bond donors (Lipinski definition) is 0. The zero-order valence-electron chi connectivity index (χ0n) is 10.5. The lowest BCUT2D eigenvalue weighted by Crippen LogP contribution is -2.70. The molecule has 0 saturated carbocycles. The molecule has 4 heterocycles. The van der Waals surface area contributed by atoms with Gasteiger partial charge in [0, 0.05) is 19.3 Å². The monoisotopic (exact) mass is 226 g/mol. The van der Waals surface area contributed by atoms with Crippen LogP contribution in [0, 0.1) is 5.92 Å². The van der Waals surface area contributed by atoms with Gasteiger partial charge in [0.15, 0.2) is 17.4 Å². The minimum atomic E-state index is -0.356. The highest BCUT2D eigenvalue weighted by Gasteiger charge is 2.65. The minimum absolute atomic E-state index is 0.356. The van der Waals surface area contributed by atoms with Crippen molar-refractivity contribution in [1.29, 1.82) is 0 Å². The molecule has 0 N–H and O–H groups in total. The van der Waals surface area contributed by atoms with Gasteiger partial charge in [-0.1, -0.05) is 20.8 Å². The van der Waals surface area contributed by atoms with E-state index in [1.54, 1.807) is 0 Å². The van der Waals surface area contributed by atoms with Gasteiger partial charge in [0.1, 0.15) is 0 Å². The summed E-state index contributed by atoms with van der Waals surface area (Å²) in [5, 5.41) is 0. The van der Waals surface area contributed by atoms with E-state index in [9.17, 15) is 0 Å². The Bertz CT molecular complexity index is 246. The molecule has 0 amide bonds. The van der Waals surface area contributed by atoms with Crippen LogP contribution in [0.15, 0.2) is 0 Å². The maximum absolute atomic E-state index is 6.18. The predicted molar refractivity (Wildman–Crippen MR) is 59.7 cm³/mol. The summed E-state index contributed by atoms with van der Waals surface area (Å²) in [6, 6.07) is 0. The van der Waals surface area contributed by atoms with Crippen molar-refractivity contribution >= 4 is 0 Å². The third kappa shape index (κ3) is 1.31. The molecule has 16 heavy (non-hydrogen) atoms. The highest BCUT2D eigenvalue weighted by molar-refractivity contribution is 5.00. The van der Waals surface area contributed by atoms with Gasteiger partial charge >= 0.3 is 0 Å². The van der Waals surface area contributed by atoms with E-state index in [-0.39, 0.29) is 17.4 Å². The van der Waals surface area contributed by atoms with Crippen molar-refractivity contribution in [3.63, 3.8) is 0 Å². The molecule has 4 aliphatic heterocycles. The Morgan fingerprint density at radius 2 is 1.06 bits per heavy atom. The van der Waals surface area contributed by atoms with Crippen molar-refractivity contribution in [2.75, 3.05) is 0 Å². The first-order chi connectivity index (χ1) is 7.59. The fourth-order valence-electron chi connectivity index (χ4n) is 3.73. The lowest BCUT2D eigenvalue weighted by atomic mass is 9.75. The van der Waals surface area contributed by atoms with Crippen molar-refractivity contribution < 1.29 is 14.2 Å². The summed E-state index contributed by atoms with van der Waals surface area (Å²) in [6.45, 7) is 6.46. The average molecular weight is 226 g/mol. The van der Waals surface area contributed by atoms with E-state index in [4.69, 9.17) is 14.2 Å². The van der Waals surface area contributed by atoms with E-state index in [0.29, 0.717) is 0 Å². The molecule has 92 valence electrons. The van der Waals surface area contributed by atoms with Crippen LogP contribution in [0.25, 0.3) is 0 Å². The summed E-state index contributed by atoms with van der Waals surface area (Å²) in [4.78, 5) is 0. The van der Waals surface area contributed by atoms with Gasteiger partial charge < -0.3 is 14.2 Å². The maximum Gasteiger partial charge on any atom is 0.175 e. The first-order valence-corrected chi connectivity index (χ1v) is 6.69. The first-order valence-electron chi connectivity index (χ1n) is 6.69. The molecule has 4 fully saturated rings. The SMILES string of the molecule is CCC12CC3CC(CC)(O1)OC(CC)(C3)O2. The predicted octanol–water partition coefficient (Wildman–Crippen LogP) is 3.18. The average Bonchev–Trinajstić information content (AvgIpc) is 2.28. The van der Waals surface area contributed by atoms with Gasteiger partial charge in [-0.15, -0.1) is 0 Å². The molecule has 3 nitrogen and oxygen atoms in total. The van der Waals surface area contributed by atoms with E-state index >= 15 is 0 Å². The van der Waals surface area contributed by atoms with Crippen LogP contribution in [0.3, 0.4) is 0 Å². The van der Waals surface area contributed by atoms with Gasteiger partial charge in [-0.05, 0) is 25.2 Å². The minimum Gasteiger partial charge on any atom is -0.318 e. The molecule has 0 aromatic carbocycles. The van der Waals surface area contributed by atoms with Crippen molar-refractivity contribution in [2.45, 2.75) is 76.7 Å². The summed E-state index contributed by atoms with van der Waals surface area (Å²) >= 11 is 0. The number of rotatable bonds is 3. The Morgan fingerprint density at radius 3 is 1.31 bits per heavy atom. The zero-order chi connectivity index (χ0) is 11.4. The lowest BCUT2D eigenvalue weighted by Gasteiger charge is -2.65. The Morgan fingerprint density at radius 1 is 0.750 bits per heavy atom. The van der Waals surface area contributed by atoms with E-state index in [1.165, 1.54) is 0 Å². The van der Waals surface area contributed by atoms with Gasteiger partial charge in [-0.2, -0.15) is 0 Å². The molecule has 0 aromatic heterocycles. The van der Waals surface area contributed by atoms with E-state index < -0.39 is 0 Å². The number of hydrogen-bond acceptors (Lipinski definition) is 3. The van der Waals surface area contributed by atoms with Gasteiger partial charge in [0.05, 0.1) is 0 Å². The Balaban J connectivity index is 1.99. The molecule has 4 aliphatic rings. The smallest absolute Gasteiger partial charge is 0.175 e. The van der Waals surface area contributed by atoms with Crippen LogP contribution in [-0.4, -0.2) is 17.4 Å². The van der Waals surface area contributed by atoms with Gasteiger partial charge in [0.25, 0.3) is 0 Å². The Kier molecular flexibility index (Phi) is 2.21. The zero-order valence-corrected chi connectivity index (χ0v) is 10.5. The molecule has 0 aromatic rings. The second-order valence-corrected chi connectivity index (χ2v) is 5.58. The summed E-state index contributed by atoms with van der Waals surface area (Å²) < 4.78 is 18.5. The highest BCUT2D eigenvalue weighted by atomic mass is 16.9. The molecule has 0 unspecified atom stereocenters. The Labute approximate surface area is 97.4 Å². The van der Waals surface area contributed by atoms with Crippen molar-refractivity contribution in [2.24, 2.45) is 5.92 Å². The summed E-state index contributed by atoms with van der Waals surface area (Å²) in [6.07, 6.45) is 5.94. The van der Waals surface area contributed by atoms with Crippen LogP contribution in [-0.2, 0) is 14.2 Å². The number of ether oxygens (including phenoxy) is 3. The second-order valence-electron chi connectivity index (χ2n) is 5.58. The third-order valence-corrected chi connectivity index (χ3v) is 4.53. The largest absolute Gasteiger partial charge is 0.318 e. The molecule has 4 bridgehead atoms. The van der Waals surface area contributed by atoms with Crippen molar-refractivity contribution in [3.05, 3.63) is 0 Å². The molecule has 0 radical (unpaired) electrons. The molecular formula is C13H22O3. The molecule has 4 saturated heterocycles. The van der Waals surface area contributed by atoms with Gasteiger partial charge in [0.2, 0.25) is 0 Å². The lowest BCUT2D eigenvalue weighted by molar-refractivity contribution is -0.555. The van der Waals surface area contributed by atoms with Crippen molar-refractivity contribution in [3.8, 4) is 0 Å². The van der Waals surface area contributed by atoms with Crippen LogP contribution < -0.4 is 0 Å². The van der Waals surface area contributed by atoms with Crippen LogP contribution in [0.1, 0.15) is 59.3 Å². The van der Waals surface area contributed by atoms with E-state index in [0.717, 1.165) is 44.4 Å². The van der Waals surface area contributed by atoms with Crippen LogP contribution in [0.5, 0.6) is 0 Å². The Hall–Kier alpha value is -0.120. The van der Waals surface area contributed by atoms with E-state index in [2.05, 4.69) is 20.8 Å². The summed E-state index contributed by atoms with van der Waals surface area (Å²) in [5.41, 5.74) is 0. The molecule has 3 heteroatoms.